The van der Waals surface area contributed by atoms with Crippen molar-refractivity contribution < 1.29 is 9.53 Å². The highest BCUT2D eigenvalue weighted by atomic mass is 16.5. The van der Waals surface area contributed by atoms with Crippen LogP contribution < -0.4 is 15.4 Å². The second kappa shape index (κ2) is 5.44. The third kappa shape index (κ3) is 2.52. The molecule has 4 nitrogen and oxygen atoms in total. The van der Waals surface area contributed by atoms with E-state index in [-0.39, 0.29) is 17.4 Å². The van der Waals surface area contributed by atoms with E-state index in [1.165, 1.54) is 5.56 Å². The van der Waals surface area contributed by atoms with Crippen LogP contribution in [0.4, 0.5) is 0 Å². The summed E-state index contributed by atoms with van der Waals surface area (Å²) < 4.78 is 6.33. The summed E-state index contributed by atoms with van der Waals surface area (Å²) in [5, 5.41) is 6.13. The molecule has 0 aliphatic carbocycles. The quantitative estimate of drug-likeness (QED) is 0.865. The van der Waals surface area contributed by atoms with Crippen molar-refractivity contribution in [3.05, 3.63) is 29.8 Å². The van der Waals surface area contributed by atoms with Crippen molar-refractivity contribution in [3.63, 3.8) is 0 Å². The first-order valence-corrected chi connectivity index (χ1v) is 7.42. The molecule has 3 rings (SSSR count). The maximum atomic E-state index is 11.8. The Hall–Kier alpha value is -1.55. The number of piperidine rings is 1. The fourth-order valence-electron chi connectivity index (χ4n) is 3.44. The zero-order valence-electron chi connectivity index (χ0n) is 11.9. The number of fused-ring (bicyclic) bond motifs is 1. The van der Waals surface area contributed by atoms with Crippen LogP contribution in [-0.4, -0.2) is 31.6 Å². The van der Waals surface area contributed by atoms with Gasteiger partial charge in [0.1, 0.15) is 11.4 Å². The molecule has 1 aromatic rings. The van der Waals surface area contributed by atoms with Crippen molar-refractivity contribution >= 4 is 5.91 Å². The van der Waals surface area contributed by atoms with Gasteiger partial charge < -0.3 is 15.4 Å². The molecule has 1 aromatic carbocycles. The first kappa shape index (κ1) is 13.4. The minimum absolute atomic E-state index is 0.0850. The molecule has 20 heavy (non-hydrogen) atoms. The fraction of sp³-hybridized carbons (Fsp3) is 0.562. The largest absolute Gasteiger partial charge is 0.487 e. The Morgan fingerprint density at radius 3 is 2.90 bits per heavy atom. The molecular weight excluding hydrogens is 252 g/mol. The molecule has 4 heteroatoms. The third-order valence-corrected chi connectivity index (χ3v) is 4.53. The molecule has 1 atom stereocenters. The molecule has 1 amide bonds. The number of benzene rings is 1. The average Bonchev–Trinajstić information content (AvgIpc) is 2.48. The number of ether oxygens (including phenoxy) is 1. The predicted molar refractivity (Wildman–Crippen MR) is 77.9 cm³/mol. The second-order valence-electron chi connectivity index (χ2n) is 5.85. The highest BCUT2D eigenvalue weighted by Crippen LogP contribution is 2.45. The fourth-order valence-corrected chi connectivity index (χ4v) is 3.44. The molecule has 0 radical (unpaired) electrons. The molecule has 2 aliphatic rings. The van der Waals surface area contributed by atoms with Crippen LogP contribution in [0.1, 0.15) is 37.2 Å². The number of hydrogen-bond donors (Lipinski definition) is 2. The molecule has 0 bridgehead atoms. The summed E-state index contributed by atoms with van der Waals surface area (Å²) in [5.41, 5.74) is 1.10. The van der Waals surface area contributed by atoms with Crippen LogP contribution in [0, 0.1) is 0 Å². The van der Waals surface area contributed by atoms with Gasteiger partial charge in [0.05, 0.1) is 0 Å². The zero-order chi connectivity index (χ0) is 14.0. The summed E-state index contributed by atoms with van der Waals surface area (Å²) >= 11 is 0. The van der Waals surface area contributed by atoms with Crippen molar-refractivity contribution in [3.8, 4) is 5.75 Å². The summed E-state index contributed by atoms with van der Waals surface area (Å²) in [6.07, 6.45) is 3.53. The molecule has 0 aromatic heterocycles. The number of hydrogen-bond acceptors (Lipinski definition) is 3. The summed E-state index contributed by atoms with van der Waals surface area (Å²) in [5.74, 6) is 1.34. The molecule has 0 unspecified atom stereocenters. The van der Waals surface area contributed by atoms with Gasteiger partial charge in [0, 0.05) is 19.4 Å². The Morgan fingerprint density at radius 2 is 2.15 bits per heavy atom. The van der Waals surface area contributed by atoms with E-state index in [1.54, 1.807) is 7.05 Å². The Labute approximate surface area is 119 Å². The Kier molecular flexibility index (Phi) is 3.66. The molecular formula is C16H22N2O2. The summed E-state index contributed by atoms with van der Waals surface area (Å²) in [4.78, 5) is 11.8. The topological polar surface area (TPSA) is 50.4 Å². The zero-order valence-corrected chi connectivity index (χ0v) is 11.9. The van der Waals surface area contributed by atoms with Gasteiger partial charge in [0.15, 0.2) is 0 Å². The lowest BCUT2D eigenvalue weighted by molar-refractivity contribution is -0.121. The van der Waals surface area contributed by atoms with E-state index < -0.39 is 0 Å². The molecule has 2 aliphatic heterocycles. The monoisotopic (exact) mass is 274 g/mol. The van der Waals surface area contributed by atoms with Gasteiger partial charge in [0.25, 0.3) is 0 Å². The summed E-state index contributed by atoms with van der Waals surface area (Å²) in [6.45, 7) is 1.99. The van der Waals surface area contributed by atoms with Crippen molar-refractivity contribution in [2.24, 2.45) is 0 Å². The highest BCUT2D eigenvalue weighted by molar-refractivity contribution is 5.76. The van der Waals surface area contributed by atoms with Crippen LogP contribution in [0.3, 0.4) is 0 Å². The van der Waals surface area contributed by atoms with E-state index in [0.29, 0.717) is 6.42 Å². The van der Waals surface area contributed by atoms with Gasteiger partial charge in [-0.3, -0.25) is 4.79 Å². The average molecular weight is 274 g/mol. The summed E-state index contributed by atoms with van der Waals surface area (Å²) in [6, 6.07) is 8.17. The molecule has 2 heterocycles. The lowest BCUT2D eigenvalue weighted by atomic mass is 9.76. The van der Waals surface area contributed by atoms with E-state index in [4.69, 9.17) is 4.74 Å². The van der Waals surface area contributed by atoms with Gasteiger partial charge in [0.2, 0.25) is 5.91 Å². The standard InChI is InChI=1S/C16H22N2O2/c1-17-15(19)10-12-11-16(6-8-18-9-7-16)20-14-5-3-2-4-13(12)14/h2-5,12,18H,6-11H2,1H3,(H,17,19)/t12-/m0/s1. The van der Waals surface area contributed by atoms with E-state index in [2.05, 4.69) is 16.7 Å². The van der Waals surface area contributed by atoms with Gasteiger partial charge >= 0.3 is 0 Å². The maximum absolute atomic E-state index is 11.8. The molecule has 1 spiro atoms. The lowest BCUT2D eigenvalue weighted by Gasteiger charge is -2.44. The van der Waals surface area contributed by atoms with Gasteiger partial charge in [-0.1, -0.05) is 18.2 Å². The Bertz CT molecular complexity index is 495. The molecule has 0 saturated carbocycles. The molecule has 2 N–H and O–H groups in total. The van der Waals surface area contributed by atoms with Gasteiger partial charge in [-0.2, -0.15) is 0 Å². The van der Waals surface area contributed by atoms with Crippen molar-refractivity contribution in [2.45, 2.75) is 37.2 Å². The number of para-hydroxylation sites is 1. The number of rotatable bonds is 2. The molecule has 108 valence electrons. The number of carbonyl (C=O) groups is 1. The predicted octanol–water partition coefficient (Wildman–Crippen LogP) is 1.81. The molecule has 1 saturated heterocycles. The smallest absolute Gasteiger partial charge is 0.220 e. The third-order valence-electron chi connectivity index (χ3n) is 4.53. The minimum atomic E-state index is -0.0850. The van der Waals surface area contributed by atoms with Crippen molar-refractivity contribution in [1.29, 1.82) is 0 Å². The normalized spacial score (nSPS) is 23.8. The first-order chi connectivity index (χ1) is 9.72. The van der Waals surface area contributed by atoms with Gasteiger partial charge in [-0.15, -0.1) is 0 Å². The van der Waals surface area contributed by atoms with Crippen LogP contribution in [0.5, 0.6) is 5.75 Å². The van der Waals surface area contributed by atoms with Gasteiger partial charge in [-0.05, 0) is 44.0 Å². The lowest BCUT2D eigenvalue weighted by Crippen LogP contribution is -2.49. The molecule has 1 fully saturated rings. The Morgan fingerprint density at radius 1 is 1.40 bits per heavy atom. The van der Waals surface area contributed by atoms with Crippen molar-refractivity contribution in [1.82, 2.24) is 10.6 Å². The van der Waals surface area contributed by atoms with Crippen LogP contribution in [0.2, 0.25) is 0 Å². The number of carbonyl (C=O) groups excluding carboxylic acids is 1. The van der Waals surface area contributed by atoms with Crippen molar-refractivity contribution in [2.75, 3.05) is 20.1 Å². The summed E-state index contributed by atoms with van der Waals surface area (Å²) in [7, 11) is 1.70. The van der Waals surface area contributed by atoms with E-state index >= 15 is 0 Å². The highest BCUT2D eigenvalue weighted by Gasteiger charge is 2.42. The SMILES string of the molecule is CNC(=O)C[C@H]1CC2(CCNCC2)Oc2ccccc21. The Balaban J connectivity index is 1.89. The minimum Gasteiger partial charge on any atom is -0.487 e. The van der Waals surface area contributed by atoms with Gasteiger partial charge in [-0.25, -0.2) is 0 Å². The number of nitrogens with one attached hydrogen (secondary N) is 2. The van der Waals surface area contributed by atoms with Crippen LogP contribution >= 0.6 is 0 Å². The second-order valence-corrected chi connectivity index (χ2v) is 5.85. The van der Waals surface area contributed by atoms with Crippen LogP contribution in [0.15, 0.2) is 24.3 Å². The number of amides is 1. The van der Waals surface area contributed by atoms with E-state index in [9.17, 15) is 4.79 Å². The maximum Gasteiger partial charge on any atom is 0.220 e. The van der Waals surface area contributed by atoms with Crippen LogP contribution in [-0.2, 0) is 4.79 Å². The van der Waals surface area contributed by atoms with Crippen LogP contribution in [0.25, 0.3) is 0 Å². The van der Waals surface area contributed by atoms with E-state index in [0.717, 1.165) is 38.1 Å². The van der Waals surface area contributed by atoms with E-state index in [1.807, 2.05) is 18.2 Å². The first-order valence-electron chi connectivity index (χ1n) is 7.42.